The van der Waals surface area contributed by atoms with Gasteiger partial charge < -0.3 is 20.4 Å². The maximum atomic E-state index is 9.80. The van der Waals surface area contributed by atoms with Crippen LogP contribution in [-0.2, 0) is 0 Å². The summed E-state index contributed by atoms with van der Waals surface area (Å²) in [5, 5.41) is 39.2. The van der Waals surface area contributed by atoms with E-state index in [-0.39, 0.29) is 34.8 Å². The highest BCUT2D eigenvalue weighted by atomic mass is 16.3. The molecule has 0 aliphatic heterocycles. The molecule has 0 fully saturated rings. The molecule has 6 aromatic rings. The first kappa shape index (κ1) is 34.4. The SMILES string of the molecule is CC.CC(C)c1ccccc1.Oc1ccc(C(c2ccc(O)cc2)c2ccc(C(c3ccc(O)cc3)c3ccc(O)cc3)cc2)cc1. The minimum atomic E-state index is -0.0824. The maximum absolute atomic E-state index is 9.80. The molecule has 0 unspecified atom stereocenters. The van der Waals surface area contributed by atoms with Crippen molar-refractivity contribution in [3.63, 3.8) is 0 Å². The number of aromatic hydroxyl groups is 4. The Morgan fingerprint density at radius 2 is 0.511 bits per heavy atom. The number of benzene rings is 6. The summed E-state index contributed by atoms with van der Waals surface area (Å²) in [4.78, 5) is 0. The van der Waals surface area contributed by atoms with Crippen molar-refractivity contribution in [3.05, 3.63) is 191 Å². The molecule has 0 heterocycles. The van der Waals surface area contributed by atoms with Crippen molar-refractivity contribution in [1.29, 1.82) is 0 Å². The molecule has 0 atom stereocenters. The van der Waals surface area contributed by atoms with Crippen LogP contribution in [0.25, 0.3) is 0 Å². The molecule has 0 saturated heterocycles. The van der Waals surface area contributed by atoms with Crippen molar-refractivity contribution in [3.8, 4) is 23.0 Å². The second-order valence-corrected chi connectivity index (χ2v) is 11.5. The van der Waals surface area contributed by atoms with Crippen LogP contribution in [0.3, 0.4) is 0 Å². The molecule has 6 aromatic carbocycles. The smallest absolute Gasteiger partial charge is 0.115 e. The van der Waals surface area contributed by atoms with Crippen LogP contribution in [0.4, 0.5) is 0 Å². The van der Waals surface area contributed by atoms with Crippen molar-refractivity contribution in [2.24, 2.45) is 0 Å². The lowest BCUT2D eigenvalue weighted by Crippen LogP contribution is -2.06. The molecule has 0 aromatic heterocycles. The number of hydrogen-bond acceptors (Lipinski definition) is 4. The summed E-state index contributed by atoms with van der Waals surface area (Å²) in [5.41, 5.74) is 7.67. The summed E-state index contributed by atoms with van der Waals surface area (Å²) in [6.45, 7) is 8.41. The Balaban J connectivity index is 0.000000390. The van der Waals surface area contributed by atoms with Crippen LogP contribution in [0.1, 0.15) is 84.4 Å². The van der Waals surface area contributed by atoms with Crippen LogP contribution < -0.4 is 0 Å². The van der Waals surface area contributed by atoms with E-state index >= 15 is 0 Å². The van der Waals surface area contributed by atoms with Crippen LogP contribution in [0.5, 0.6) is 23.0 Å². The fourth-order valence-electron chi connectivity index (χ4n) is 5.54. The Bertz CT molecular complexity index is 1550. The minimum absolute atomic E-state index is 0.0824. The molecule has 6 rings (SSSR count). The molecular formula is C43H44O4. The van der Waals surface area contributed by atoms with Gasteiger partial charge in [0.2, 0.25) is 0 Å². The molecular weight excluding hydrogens is 580 g/mol. The Morgan fingerprint density at radius 1 is 0.298 bits per heavy atom. The van der Waals surface area contributed by atoms with Gasteiger partial charge in [0.05, 0.1) is 0 Å². The highest BCUT2D eigenvalue weighted by molar-refractivity contribution is 5.49. The zero-order valence-electron chi connectivity index (χ0n) is 27.5. The van der Waals surface area contributed by atoms with E-state index in [2.05, 4.69) is 62.4 Å². The maximum Gasteiger partial charge on any atom is 0.115 e. The van der Waals surface area contributed by atoms with Crippen LogP contribution in [0.2, 0.25) is 0 Å². The van der Waals surface area contributed by atoms with Crippen LogP contribution in [0, 0.1) is 0 Å². The van der Waals surface area contributed by atoms with Crippen LogP contribution in [-0.4, -0.2) is 20.4 Å². The molecule has 0 aliphatic rings. The largest absolute Gasteiger partial charge is 0.508 e. The standard InChI is InChI=1S/C32H26O4.C9H12.C2H6/c33-27-13-5-23(6-14-27)31(24-7-15-28(34)16-8-24)21-1-2-22(4-3-21)32(25-9-17-29(35)18-10-25)26-11-19-30(36)20-12-26;1-8(2)9-6-4-3-5-7-9;1-2/h1-20,31-36H;3-8H,1-2H3;1-2H3. The van der Waals surface area contributed by atoms with Gasteiger partial charge in [-0.05, 0) is 93.4 Å². The highest BCUT2D eigenvalue weighted by Crippen LogP contribution is 2.37. The second-order valence-electron chi connectivity index (χ2n) is 11.5. The molecule has 0 bridgehead atoms. The lowest BCUT2D eigenvalue weighted by Gasteiger charge is -2.22. The fourth-order valence-corrected chi connectivity index (χ4v) is 5.54. The molecule has 0 aliphatic carbocycles. The molecule has 0 radical (unpaired) electrons. The highest BCUT2D eigenvalue weighted by Gasteiger charge is 2.20. The molecule has 0 saturated carbocycles. The van der Waals surface area contributed by atoms with Gasteiger partial charge in [0, 0.05) is 11.8 Å². The molecule has 4 nitrogen and oxygen atoms in total. The summed E-state index contributed by atoms with van der Waals surface area (Å²) in [7, 11) is 0. The zero-order valence-corrected chi connectivity index (χ0v) is 27.5. The molecule has 4 heteroatoms. The summed E-state index contributed by atoms with van der Waals surface area (Å²) >= 11 is 0. The number of hydrogen-bond donors (Lipinski definition) is 4. The minimum Gasteiger partial charge on any atom is -0.508 e. The van der Waals surface area contributed by atoms with E-state index in [0.29, 0.717) is 5.92 Å². The normalized spacial score (nSPS) is 10.6. The molecule has 240 valence electrons. The van der Waals surface area contributed by atoms with Crippen LogP contribution in [0.15, 0.2) is 152 Å². The number of phenols is 4. The van der Waals surface area contributed by atoms with E-state index in [1.807, 2.05) is 68.4 Å². The van der Waals surface area contributed by atoms with Gasteiger partial charge >= 0.3 is 0 Å². The quantitative estimate of drug-likeness (QED) is 0.133. The van der Waals surface area contributed by atoms with Gasteiger partial charge in [0.25, 0.3) is 0 Å². The number of rotatable bonds is 7. The molecule has 47 heavy (non-hydrogen) atoms. The predicted octanol–water partition coefficient (Wildman–Crippen LogP) is 10.7. The fraction of sp³-hybridized carbons (Fsp3) is 0.163. The summed E-state index contributed by atoms with van der Waals surface area (Å²) in [6.07, 6.45) is 0. The van der Waals surface area contributed by atoms with Gasteiger partial charge in [-0.1, -0.05) is 131 Å². The van der Waals surface area contributed by atoms with Crippen molar-refractivity contribution in [1.82, 2.24) is 0 Å². The van der Waals surface area contributed by atoms with Crippen molar-refractivity contribution < 1.29 is 20.4 Å². The topological polar surface area (TPSA) is 80.9 Å². The van der Waals surface area contributed by atoms with Crippen molar-refractivity contribution in [2.75, 3.05) is 0 Å². The van der Waals surface area contributed by atoms with E-state index in [4.69, 9.17) is 0 Å². The third-order valence-corrected chi connectivity index (χ3v) is 7.98. The van der Waals surface area contributed by atoms with E-state index in [1.54, 1.807) is 48.5 Å². The first-order chi connectivity index (χ1) is 22.8. The lowest BCUT2D eigenvalue weighted by molar-refractivity contribution is 0.474. The van der Waals surface area contributed by atoms with E-state index in [0.717, 1.165) is 33.4 Å². The first-order valence-corrected chi connectivity index (χ1v) is 16.1. The van der Waals surface area contributed by atoms with Crippen molar-refractivity contribution >= 4 is 0 Å². The Labute approximate surface area is 278 Å². The summed E-state index contributed by atoms with van der Waals surface area (Å²) < 4.78 is 0. The van der Waals surface area contributed by atoms with Gasteiger partial charge in [-0.3, -0.25) is 0 Å². The van der Waals surface area contributed by atoms with Gasteiger partial charge in [-0.25, -0.2) is 0 Å². The molecule has 4 N–H and O–H groups in total. The van der Waals surface area contributed by atoms with Gasteiger partial charge in [-0.2, -0.15) is 0 Å². The third-order valence-electron chi connectivity index (χ3n) is 7.98. The Morgan fingerprint density at radius 3 is 0.702 bits per heavy atom. The van der Waals surface area contributed by atoms with E-state index in [9.17, 15) is 20.4 Å². The molecule has 0 amide bonds. The Hall–Kier alpha value is -5.48. The summed E-state index contributed by atoms with van der Waals surface area (Å²) in [6, 6.07) is 47.7. The lowest BCUT2D eigenvalue weighted by atomic mass is 9.81. The van der Waals surface area contributed by atoms with E-state index < -0.39 is 0 Å². The predicted molar refractivity (Wildman–Crippen MR) is 193 cm³/mol. The second kappa shape index (κ2) is 16.7. The monoisotopic (exact) mass is 624 g/mol. The third kappa shape index (κ3) is 9.27. The molecule has 0 spiro atoms. The Kier molecular flexibility index (Phi) is 12.2. The van der Waals surface area contributed by atoms with E-state index in [1.165, 1.54) is 5.56 Å². The van der Waals surface area contributed by atoms with Gasteiger partial charge in [0.15, 0.2) is 0 Å². The average Bonchev–Trinajstić information content (AvgIpc) is 3.10. The van der Waals surface area contributed by atoms with Crippen LogP contribution >= 0.6 is 0 Å². The van der Waals surface area contributed by atoms with Gasteiger partial charge in [-0.15, -0.1) is 0 Å². The first-order valence-electron chi connectivity index (χ1n) is 16.1. The van der Waals surface area contributed by atoms with Gasteiger partial charge in [0.1, 0.15) is 23.0 Å². The zero-order chi connectivity index (χ0) is 33.8. The average molecular weight is 625 g/mol. The van der Waals surface area contributed by atoms with Crippen molar-refractivity contribution in [2.45, 2.75) is 45.4 Å². The number of phenolic OH excluding ortho intramolecular Hbond substituents is 4. The summed E-state index contributed by atoms with van der Waals surface area (Å²) in [5.74, 6) is 1.34.